The van der Waals surface area contributed by atoms with Gasteiger partial charge in [-0.2, -0.15) is 0 Å². The molecular formula is C22H29IN6O. The highest BCUT2D eigenvalue weighted by atomic mass is 127. The summed E-state index contributed by atoms with van der Waals surface area (Å²) >= 11 is 0. The molecule has 1 aromatic carbocycles. The van der Waals surface area contributed by atoms with Gasteiger partial charge >= 0.3 is 0 Å². The van der Waals surface area contributed by atoms with Gasteiger partial charge in [-0.05, 0) is 25.0 Å². The first kappa shape index (κ1) is 23.7. The minimum absolute atomic E-state index is 0. The summed E-state index contributed by atoms with van der Waals surface area (Å²) in [6.45, 7) is 5.21. The maximum absolute atomic E-state index is 5.58. The predicted octanol–water partition coefficient (Wildman–Crippen LogP) is 4.08. The van der Waals surface area contributed by atoms with E-state index in [4.69, 9.17) is 4.74 Å². The van der Waals surface area contributed by atoms with Crippen LogP contribution in [0.15, 0.2) is 59.9 Å². The molecule has 0 unspecified atom stereocenters. The molecule has 0 saturated heterocycles. The number of aliphatic imine (C=N–C) groups is 1. The minimum atomic E-state index is 0. The van der Waals surface area contributed by atoms with Gasteiger partial charge in [0.25, 0.3) is 0 Å². The second kappa shape index (κ2) is 11.5. The second-order valence-electron chi connectivity index (χ2n) is 7.04. The van der Waals surface area contributed by atoms with Crippen LogP contribution in [0, 0.1) is 0 Å². The number of ether oxygens (including phenoxy) is 1. The number of hydrogen-bond acceptors (Lipinski definition) is 4. The van der Waals surface area contributed by atoms with E-state index >= 15 is 0 Å². The molecule has 2 heterocycles. The van der Waals surface area contributed by atoms with Crippen LogP contribution in [0.2, 0.25) is 0 Å². The Balaban J connectivity index is 0.00000320. The summed E-state index contributed by atoms with van der Waals surface area (Å²) in [6, 6.07) is 14.1. The number of nitrogens with one attached hydrogen (secondary N) is 2. The Labute approximate surface area is 195 Å². The fraction of sp³-hybridized carbons (Fsp3) is 0.318. The van der Waals surface area contributed by atoms with Crippen molar-refractivity contribution in [3.05, 3.63) is 66.2 Å². The summed E-state index contributed by atoms with van der Waals surface area (Å²) < 4.78 is 5.58. The number of pyridine rings is 1. The zero-order chi connectivity index (χ0) is 20.6. The van der Waals surface area contributed by atoms with E-state index in [0.717, 1.165) is 28.6 Å². The standard InChI is InChI=1S/C22H28N6O.HI/c1-16(2)29-21-11-10-17(12-25-21)13-26-22(23-3)28(4)15-20-24-14-19(27-20)18-8-6-5-7-9-18;/h5-12,14,16H,13,15H2,1-4H3,(H,23,26)(H,24,27);1H. The molecule has 3 rings (SSSR count). The van der Waals surface area contributed by atoms with Crippen LogP contribution in [-0.2, 0) is 13.1 Å². The molecule has 0 atom stereocenters. The fourth-order valence-electron chi connectivity index (χ4n) is 2.90. The van der Waals surface area contributed by atoms with Crippen molar-refractivity contribution in [2.24, 2.45) is 4.99 Å². The van der Waals surface area contributed by atoms with Crippen molar-refractivity contribution in [3.63, 3.8) is 0 Å². The van der Waals surface area contributed by atoms with Crippen LogP contribution in [0.3, 0.4) is 0 Å². The molecule has 8 heteroatoms. The van der Waals surface area contributed by atoms with Gasteiger partial charge in [0.1, 0.15) is 5.82 Å². The van der Waals surface area contributed by atoms with Crippen molar-refractivity contribution in [1.29, 1.82) is 0 Å². The Kier molecular flexibility index (Phi) is 9.10. The average molecular weight is 520 g/mol. The number of halogens is 1. The van der Waals surface area contributed by atoms with Crippen LogP contribution < -0.4 is 10.1 Å². The molecule has 0 spiro atoms. The Morgan fingerprint density at radius 1 is 1.13 bits per heavy atom. The average Bonchev–Trinajstić information content (AvgIpc) is 3.18. The number of aromatic nitrogens is 3. The Hall–Kier alpha value is -2.62. The fourth-order valence-corrected chi connectivity index (χ4v) is 2.90. The highest BCUT2D eigenvalue weighted by Crippen LogP contribution is 2.16. The van der Waals surface area contributed by atoms with Gasteiger partial charge in [0.15, 0.2) is 5.96 Å². The maximum atomic E-state index is 5.58. The summed E-state index contributed by atoms with van der Waals surface area (Å²) in [4.78, 5) is 18.6. The number of nitrogens with zero attached hydrogens (tertiary/aromatic N) is 4. The first-order chi connectivity index (χ1) is 14.0. The molecule has 160 valence electrons. The van der Waals surface area contributed by atoms with Crippen molar-refractivity contribution in [1.82, 2.24) is 25.2 Å². The first-order valence-electron chi connectivity index (χ1n) is 9.68. The summed E-state index contributed by atoms with van der Waals surface area (Å²) in [5.41, 5.74) is 3.18. The van der Waals surface area contributed by atoms with Gasteiger partial charge in [0.05, 0.1) is 24.5 Å². The van der Waals surface area contributed by atoms with Gasteiger partial charge in [0.2, 0.25) is 5.88 Å². The van der Waals surface area contributed by atoms with Gasteiger partial charge in [-0.1, -0.05) is 36.4 Å². The summed E-state index contributed by atoms with van der Waals surface area (Å²) in [6.07, 6.45) is 3.79. The lowest BCUT2D eigenvalue weighted by Gasteiger charge is -2.21. The highest BCUT2D eigenvalue weighted by molar-refractivity contribution is 14.0. The zero-order valence-electron chi connectivity index (χ0n) is 17.8. The van der Waals surface area contributed by atoms with E-state index in [9.17, 15) is 0 Å². The number of guanidine groups is 1. The second-order valence-corrected chi connectivity index (χ2v) is 7.04. The number of H-pyrrole nitrogens is 1. The third-order valence-corrected chi connectivity index (χ3v) is 4.28. The number of benzene rings is 1. The normalized spacial score (nSPS) is 11.2. The third-order valence-electron chi connectivity index (χ3n) is 4.28. The predicted molar refractivity (Wildman–Crippen MR) is 131 cm³/mol. The molecule has 0 aliphatic rings. The lowest BCUT2D eigenvalue weighted by molar-refractivity contribution is 0.232. The van der Waals surface area contributed by atoms with E-state index in [1.165, 1.54) is 0 Å². The first-order valence-corrected chi connectivity index (χ1v) is 9.68. The number of aromatic amines is 1. The highest BCUT2D eigenvalue weighted by Gasteiger charge is 2.10. The molecule has 0 aliphatic heterocycles. The third kappa shape index (κ3) is 6.72. The Bertz CT molecular complexity index is 924. The molecule has 0 saturated carbocycles. The van der Waals surface area contributed by atoms with Gasteiger partial charge in [-0.25, -0.2) is 9.97 Å². The van der Waals surface area contributed by atoms with Gasteiger partial charge in [-0.15, -0.1) is 24.0 Å². The van der Waals surface area contributed by atoms with E-state index in [-0.39, 0.29) is 30.1 Å². The molecule has 0 aliphatic carbocycles. The molecule has 0 bridgehead atoms. The van der Waals surface area contributed by atoms with Crippen LogP contribution in [0.4, 0.5) is 0 Å². The van der Waals surface area contributed by atoms with E-state index in [0.29, 0.717) is 19.0 Å². The Morgan fingerprint density at radius 3 is 2.53 bits per heavy atom. The topological polar surface area (TPSA) is 78.4 Å². The molecule has 30 heavy (non-hydrogen) atoms. The van der Waals surface area contributed by atoms with E-state index in [1.807, 2.05) is 68.5 Å². The molecular weight excluding hydrogens is 491 g/mol. The summed E-state index contributed by atoms with van der Waals surface area (Å²) in [5.74, 6) is 2.30. The largest absolute Gasteiger partial charge is 0.475 e. The van der Waals surface area contributed by atoms with Gasteiger partial charge in [0, 0.05) is 32.9 Å². The summed E-state index contributed by atoms with van der Waals surface area (Å²) in [7, 11) is 3.76. The minimum Gasteiger partial charge on any atom is -0.475 e. The number of rotatable bonds is 7. The van der Waals surface area contributed by atoms with Gasteiger partial charge in [-0.3, -0.25) is 4.99 Å². The van der Waals surface area contributed by atoms with Crippen LogP contribution in [0.5, 0.6) is 5.88 Å². The SMILES string of the molecule is CN=C(NCc1ccc(OC(C)C)nc1)N(C)Cc1ncc(-c2ccccc2)[nH]1.I. The summed E-state index contributed by atoms with van der Waals surface area (Å²) in [5, 5.41) is 3.36. The quantitative estimate of drug-likeness (QED) is 0.279. The van der Waals surface area contributed by atoms with E-state index in [2.05, 4.69) is 37.4 Å². The maximum Gasteiger partial charge on any atom is 0.213 e. The van der Waals surface area contributed by atoms with E-state index < -0.39 is 0 Å². The molecule has 0 amide bonds. The van der Waals surface area contributed by atoms with Crippen LogP contribution in [0.25, 0.3) is 11.3 Å². The molecule has 7 nitrogen and oxygen atoms in total. The number of imidazole rings is 1. The molecule has 2 aromatic heterocycles. The molecule has 3 aromatic rings. The molecule has 0 radical (unpaired) electrons. The molecule has 0 fully saturated rings. The lowest BCUT2D eigenvalue weighted by Crippen LogP contribution is -2.38. The van der Waals surface area contributed by atoms with Crippen molar-refractivity contribution < 1.29 is 4.74 Å². The smallest absolute Gasteiger partial charge is 0.213 e. The van der Waals surface area contributed by atoms with Crippen molar-refractivity contribution in [3.8, 4) is 17.1 Å². The molecule has 2 N–H and O–H groups in total. The van der Waals surface area contributed by atoms with Gasteiger partial charge < -0.3 is 19.9 Å². The lowest BCUT2D eigenvalue weighted by atomic mass is 10.2. The van der Waals surface area contributed by atoms with Crippen LogP contribution >= 0.6 is 24.0 Å². The van der Waals surface area contributed by atoms with Crippen molar-refractivity contribution in [2.45, 2.75) is 33.0 Å². The van der Waals surface area contributed by atoms with Crippen molar-refractivity contribution in [2.75, 3.05) is 14.1 Å². The van der Waals surface area contributed by atoms with Crippen LogP contribution in [-0.4, -0.2) is 46.0 Å². The number of hydrogen-bond donors (Lipinski definition) is 2. The zero-order valence-corrected chi connectivity index (χ0v) is 20.1. The Morgan fingerprint density at radius 2 is 1.90 bits per heavy atom. The van der Waals surface area contributed by atoms with Crippen molar-refractivity contribution >= 4 is 29.9 Å². The van der Waals surface area contributed by atoms with Crippen LogP contribution in [0.1, 0.15) is 25.2 Å². The monoisotopic (exact) mass is 520 g/mol. The van der Waals surface area contributed by atoms with E-state index in [1.54, 1.807) is 7.05 Å².